The Hall–Kier alpha value is -3.11. The lowest BCUT2D eigenvalue weighted by molar-refractivity contribution is -0.113. The summed E-state index contributed by atoms with van der Waals surface area (Å²) < 4.78 is 6.59. The average Bonchev–Trinajstić information content (AvgIpc) is 3.47. The number of anilines is 1. The van der Waals surface area contributed by atoms with E-state index in [2.05, 4.69) is 65.5 Å². The quantitative estimate of drug-likeness (QED) is 0.328. The molecule has 1 amide bonds. The van der Waals surface area contributed by atoms with Gasteiger partial charge in [-0.3, -0.25) is 4.79 Å². The van der Waals surface area contributed by atoms with Gasteiger partial charge in [-0.2, -0.15) is 0 Å². The Labute approximate surface area is 187 Å². The molecule has 0 bridgehead atoms. The molecule has 0 radical (unpaired) electrons. The van der Waals surface area contributed by atoms with Gasteiger partial charge in [-0.05, 0) is 23.1 Å². The number of amides is 1. The van der Waals surface area contributed by atoms with E-state index in [0.29, 0.717) is 21.9 Å². The predicted molar refractivity (Wildman–Crippen MR) is 123 cm³/mol. The van der Waals surface area contributed by atoms with E-state index in [1.165, 1.54) is 39.6 Å². The lowest BCUT2D eigenvalue weighted by Gasteiger charge is -2.18. The van der Waals surface area contributed by atoms with Crippen molar-refractivity contribution in [3.05, 3.63) is 53.6 Å². The number of hydrogen-bond donors (Lipinski definition) is 2. The number of nitrogen functional groups attached to an aromatic ring is 1. The largest absolute Gasteiger partial charge is 0.461 e. The fourth-order valence-corrected chi connectivity index (χ4v) is 4.23. The summed E-state index contributed by atoms with van der Waals surface area (Å²) >= 11 is 2.57. The van der Waals surface area contributed by atoms with Crippen molar-refractivity contribution in [1.29, 1.82) is 0 Å². The van der Waals surface area contributed by atoms with Gasteiger partial charge < -0.3 is 15.6 Å². The fraction of sp³-hybridized carbons (Fsp3) is 0.238. The summed E-state index contributed by atoms with van der Waals surface area (Å²) in [5.41, 5.74) is 3.21. The Bertz CT molecular complexity index is 1170. The number of nitrogens with zero attached hydrogens (tertiary/aromatic N) is 4. The van der Waals surface area contributed by atoms with E-state index in [1.54, 1.807) is 12.1 Å². The molecule has 0 spiro atoms. The summed E-state index contributed by atoms with van der Waals surface area (Å²) in [6, 6.07) is 11.8. The average molecular weight is 455 g/mol. The van der Waals surface area contributed by atoms with Gasteiger partial charge in [0.1, 0.15) is 0 Å². The number of aromatic nitrogens is 4. The first-order valence-electron chi connectivity index (χ1n) is 9.55. The number of hydrogen-bond acceptors (Lipinski definition) is 8. The van der Waals surface area contributed by atoms with E-state index in [4.69, 9.17) is 10.3 Å². The Morgan fingerprint density at radius 1 is 1.23 bits per heavy atom. The van der Waals surface area contributed by atoms with E-state index in [-0.39, 0.29) is 17.1 Å². The molecule has 1 aromatic carbocycles. The highest BCUT2D eigenvalue weighted by Gasteiger charge is 2.17. The summed E-state index contributed by atoms with van der Waals surface area (Å²) in [5.74, 6) is 6.85. The summed E-state index contributed by atoms with van der Waals surface area (Å²) in [6.45, 7) is 6.55. The van der Waals surface area contributed by atoms with Crippen LogP contribution in [-0.4, -0.2) is 31.5 Å². The maximum atomic E-state index is 12.4. The molecule has 8 nitrogen and oxygen atoms in total. The number of furan rings is 1. The Balaban J connectivity index is 1.35. The van der Waals surface area contributed by atoms with Crippen LogP contribution in [0, 0.1) is 0 Å². The first-order valence-corrected chi connectivity index (χ1v) is 11.4. The number of rotatable bonds is 6. The van der Waals surface area contributed by atoms with Gasteiger partial charge in [-0.1, -0.05) is 56.8 Å². The molecule has 31 heavy (non-hydrogen) atoms. The molecule has 3 heterocycles. The maximum Gasteiger partial charge on any atom is 0.236 e. The van der Waals surface area contributed by atoms with Crippen molar-refractivity contribution in [3.63, 3.8) is 0 Å². The monoisotopic (exact) mass is 454 g/mol. The molecule has 3 N–H and O–H groups in total. The number of carbonyl (C=O) groups is 1. The molecule has 0 aliphatic carbocycles. The molecule has 4 aromatic rings. The smallest absolute Gasteiger partial charge is 0.236 e. The molecule has 0 aliphatic heterocycles. The third kappa shape index (κ3) is 4.80. The maximum absolute atomic E-state index is 12.4. The fourth-order valence-electron chi connectivity index (χ4n) is 2.84. The summed E-state index contributed by atoms with van der Waals surface area (Å²) in [6.07, 6.45) is 1.53. The van der Waals surface area contributed by atoms with Gasteiger partial charge in [0.15, 0.2) is 10.9 Å². The van der Waals surface area contributed by atoms with Crippen molar-refractivity contribution in [3.8, 4) is 22.8 Å². The van der Waals surface area contributed by atoms with E-state index in [1.807, 2.05) is 5.38 Å². The molecule has 0 saturated carbocycles. The van der Waals surface area contributed by atoms with Crippen molar-refractivity contribution in [2.24, 2.45) is 0 Å². The third-order valence-corrected chi connectivity index (χ3v) is 6.24. The number of thiazole rings is 1. The minimum absolute atomic E-state index is 0.101. The molecule has 0 unspecified atom stereocenters. The summed E-state index contributed by atoms with van der Waals surface area (Å²) in [5, 5.41) is 13.7. The number of nitrogens with two attached hydrogens (primary N) is 1. The first kappa shape index (κ1) is 21.1. The van der Waals surface area contributed by atoms with E-state index >= 15 is 0 Å². The molecular formula is C21H22N6O2S2. The van der Waals surface area contributed by atoms with Crippen LogP contribution in [0.15, 0.2) is 57.6 Å². The molecule has 3 aromatic heterocycles. The number of carbonyl (C=O) groups excluding carboxylic acids is 1. The minimum atomic E-state index is -0.198. The molecule has 160 valence electrons. The normalized spacial score (nSPS) is 11.6. The number of benzene rings is 1. The van der Waals surface area contributed by atoms with Gasteiger partial charge >= 0.3 is 0 Å². The van der Waals surface area contributed by atoms with E-state index in [0.717, 1.165) is 11.3 Å². The number of thioether (sulfide) groups is 1. The molecule has 4 rings (SSSR count). The van der Waals surface area contributed by atoms with Crippen LogP contribution in [0.25, 0.3) is 22.8 Å². The standard InChI is InChI=1S/C21H22N6O2S2/c1-21(2,3)14-8-6-13(7-9-14)15-11-30-19(23-15)24-17(28)12-31-20-26-25-18(27(20)22)16-5-4-10-29-16/h4-11H,12,22H2,1-3H3,(H,23,24,28). The van der Waals surface area contributed by atoms with Gasteiger partial charge in [0, 0.05) is 10.9 Å². The van der Waals surface area contributed by atoms with Gasteiger partial charge in [-0.15, -0.1) is 21.5 Å². The van der Waals surface area contributed by atoms with Gasteiger partial charge in [0.2, 0.25) is 16.9 Å². The zero-order valence-corrected chi connectivity index (χ0v) is 19.0. The van der Waals surface area contributed by atoms with Crippen LogP contribution in [0.2, 0.25) is 0 Å². The minimum Gasteiger partial charge on any atom is -0.461 e. The second-order valence-corrected chi connectivity index (χ2v) is 9.66. The highest BCUT2D eigenvalue weighted by molar-refractivity contribution is 7.99. The topological polar surface area (TPSA) is 112 Å². The van der Waals surface area contributed by atoms with Crippen LogP contribution in [0.4, 0.5) is 5.13 Å². The molecule has 10 heteroatoms. The SMILES string of the molecule is CC(C)(C)c1ccc(-c2csc(NC(=O)CSc3nnc(-c4ccco4)n3N)n2)cc1. The summed E-state index contributed by atoms with van der Waals surface area (Å²) in [4.78, 5) is 16.9. The summed E-state index contributed by atoms with van der Waals surface area (Å²) in [7, 11) is 0. The van der Waals surface area contributed by atoms with Crippen molar-refractivity contribution in [1.82, 2.24) is 19.9 Å². The van der Waals surface area contributed by atoms with Crippen LogP contribution in [-0.2, 0) is 10.2 Å². The third-order valence-electron chi connectivity index (χ3n) is 4.54. The van der Waals surface area contributed by atoms with Crippen LogP contribution in [0.1, 0.15) is 26.3 Å². The van der Waals surface area contributed by atoms with Gasteiger partial charge in [0.25, 0.3) is 0 Å². The Kier molecular flexibility index (Phi) is 5.84. The zero-order chi connectivity index (χ0) is 22.0. The lowest BCUT2D eigenvalue weighted by atomic mass is 9.86. The molecule has 0 atom stereocenters. The number of nitrogens with one attached hydrogen (secondary N) is 1. The zero-order valence-electron chi connectivity index (χ0n) is 17.3. The first-order chi connectivity index (χ1) is 14.8. The van der Waals surface area contributed by atoms with Crippen LogP contribution in [0.5, 0.6) is 0 Å². The lowest BCUT2D eigenvalue weighted by Crippen LogP contribution is -2.16. The van der Waals surface area contributed by atoms with Crippen LogP contribution < -0.4 is 11.2 Å². The molecular weight excluding hydrogens is 432 g/mol. The van der Waals surface area contributed by atoms with Crippen molar-refractivity contribution >= 4 is 34.1 Å². The molecule has 0 fully saturated rings. The van der Waals surface area contributed by atoms with Crippen molar-refractivity contribution < 1.29 is 9.21 Å². The van der Waals surface area contributed by atoms with E-state index < -0.39 is 0 Å². The van der Waals surface area contributed by atoms with Crippen LogP contribution in [0.3, 0.4) is 0 Å². The van der Waals surface area contributed by atoms with Gasteiger partial charge in [0.05, 0.1) is 17.7 Å². The highest BCUT2D eigenvalue weighted by Crippen LogP contribution is 2.28. The second-order valence-electron chi connectivity index (χ2n) is 7.86. The van der Waals surface area contributed by atoms with Crippen molar-refractivity contribution in [2.45, 2.75) is 31.3 Å². The highest BCUT2D eigenvalue weighted by atomic mass is 32.2. The second kappa shape index (κ2) is 8.56. The Morgan fingerprint density at radius 3 is 2.68 bits per heavy atom. The molecule has 0 saturated heterocycles. The van der Waals surface area contributed by atoms with Crippen LogP contribution >= 0.6 is 23.1 Å². The molecule has 0 aliphatic rings. The predicted octanol–water partition coefficient (Wildman–Crippen LogP) is 4.40. The van der Waals surface area contributed by atoms with E-state index in [9.17, 15) is 4.79 Å². The Morgan fingerprint density at radius 2 is 2.00 bits per heavy atom. The van der Waals surface area contributed by atoms with Gasteiger partial charge in [-0.25, -0.2) is 9.66 Å². The van der Waals surface area contributed by atoms with Crippen molar-refractivity contribution in [2.75, 3.05) is 16.9 Å².